The number of aromatic nitrogens is 2. The number of amides is 1. The van der Waals surface area contributed by atoms with E-state index in [0.717, 1.165) is 17.7 Å². The number of rotatable bonds is 7. The van der Waals surface area contributed by atoms with Crippen molar-refractivity contribution in [2.24, 2.45) is 0 Å². The summed E-state index contributed by atoms with van der Waals surface area (Å²) < 4.78 is 40.6. The van der Waals surface area contributed by atoms with Crippen molar-refractivity contribution in [3.63, 3.8) is 0 Å². The van der Waals surface area contributed by atoms with Crippen LogP contribution in [0.4, 0.5) is 13.2 Å². The summed E-state index contributed by atoms with van der Waals surface area (Å²) in [5, 5.41) is 26.4. The number of fused-ring (bicyclic) bond motifs is 1. The smallest absolute Gasteiger partial charge is 0.416 e. The highest BCUT2D eigenvalue weighted by Crippen LogP contribution is 2.31. The Bertz CT molecular complexity index is 1800. The Morgan fingerprint density at radius 2 is 1.63 bits per heavy atom. The Hall–Kier alpha value is -5.43. The molecule has 0 aliphatic carbocycles. The molecule has 204 valence electrons. The van der Waals surface area contributed by atoms with Gasteiger partial charge >= 0.3 is 12.1 Å². The van der Waals surface area contributed by atoms with E-state index in [4.69, 9.17) is 5.11 Å². The third-order valence-electron chi connectivity index (χ3n) is 6.57. The maximum absolute atomic E-state index is 13.5. The standard InChI is InChI=1S/C31H21F3N4O3/c32-31(33,34)26-10-6-20(7-11-26)18-38-28-25(17-37-38)13-24(23-3-1-2-21(12-23)15-35)14-27(28)29(39)36-16-19-4-8-22(9-5-19)30(40)41/h1-14,17H,16,18H2,(H,36,39)(H,40,41). The molecule has 2 N–H and O–H groups in total. The molecule has 4 aromatic carbocycles. The van der Waals surface area contributed by atoms with Crippen molar-refractivity contribution in [3.05, 3.63) is 125 Å². The average Bonchev–Trinajstić information content (AvgIpc) is 3.38. The normalized spacial score (nSPS) is 11.3. The monoisotopic (exact) mass is 554 g/mol. The molecule has 7 nitrogen and oxygen atoms in total. The van der Waals surface area contributed by atoms with Crippen molar-refractivity contribution in [1.29, 1.82) is 5.26 Å². The van der Waals surface area contributed by atoms with Gasteiger partial charge < -0.3 is 10.4 Å². The first-order chi connectivity index (χ1) is 19.6. The molecule has 0 spiro atoms. The molecule has 0 fully saturated rings. The zero-order valence-corrected chi connectivity index (χ0v) is 21.3. The molecule has 1 heterocycles. The Morgan fingerprint density at radius 3 is 2.29 bits per heavy atom. The van der Waals surface area contributed by atoms with E-state index >= 15 is 0 Å². The molecule has 0 aliphatic heterocycles. The van der Waals surface area contributed by atoms with Crippen molar-refractivity contribution in [2.75, 3.05) is 0 Å². The molecule has 0 aliphatic rings. The van der Waals surface area contributed by atoms with Gasteiger partial charge in [-0.1, -0.05) is 36.4 Å². The van der Waals surface area contributed by atoms with Crippen LogP contribution in [-0.4, -0.2) is 26.8 Å². The summed E-state index contributed by atoms with van der Waals surface area (Å²) in [5.74, 6) is -1.48. The Morgan fingerprint density at radius 1 is 0.927 bits per heavy atom. The summed E-state index contributed by atoms with van der Waals surface area (Å²) in [6.07, 6.45) is -2.87. The number of benzene rings is 4. The molecule has 1 amide bonds. The van der Waals surface area contributed by atoms with E-state index in [9.17, 15) is 28.0 Å². The maximum atomic E-state index is 13.5. The number of nitrogens with zero attached hydrogens (tertiary/aromatic N) is 3. The average molecular weight is 555 g/mol. The molecular weight excluding hydrogens is 533 g/mol. The molecule has 0 bridgehead atoms. The van der Waals surface area contributed by atoms with Crippen molar-refractivity contribution in [2.45, 2.75) is 19.3 Å². The molecule has 0 atom stereocenters. The van der Waals surface area contributed by atoms with Crippen molar-refractivity contribution < 1.29 is 27.9 Å². The van der Waals surface area contributed by atoms with E-state index in [-0.39, 0.29) is 24.2 Å². The van der Waals surface area contributed by atoms with Crippen LogP contribution in [0, 0.1) is 11.3 Å². The van der Waals surface area contributed by atoms with Crippen molar-refractivity contribution in [3.8, 4) is 17.2 Å². The van der Waals surface area contributed by atoms with Gasteiger partial charge in [0.2, 0.25) is 0 Å². The van der Waals surface area contributed by atoms with E-state index in [2.05, 4.69) is 16.5 Å². The number of carbonyl (C=O) groups excluding carboxylic acids is 1. The van der Waals surface area contributed by atoms with E-state index in [1.807, 2.05) is 12.1 Å². The highest BCUT2D eigenvalue weighted by molar-refractivity contribution is 6.07. The number of carboxylic acid groups (broad SMARTS) is 1. The number of hydrogen-bond donors (Lipinski definition) is 2. The van der Waals surface area contributed by atoms with Gasteiger partial charge in [0.25, 0.3) is 5.91 Å². The molecule has 0 unspecified atom stereocenters. The first-order valence-electron chi connectivity index (χ1n) is 12.4. The summed E-state index contributed by atoms with van der Waals surface area (Å²) in [6.45, 7) is 0.253. The topological polar surface area (TPSA) is 108 Å². The molecule has 0 radical (unpaired) electrons. The first-order valence-corrected chi connectivity index (χ1v) is 12.4. The van der Waals surface area contributed by atoms with Crippen LogP contribution >= 0.6 is 0 Å². The minimum absolute atomic E-state index is 0.126. The molecular formula is C31H21F3N4O3. The number of halogens is 3. The second-order valence-electron chi connectivity index (χ2n) is 9.34. The van der Waals surface area contributed by atoms with Gasteiger partial charge in [-0.05, 0) is 70.8 Å². The third-order valence-corrected chi connectivity index (χ3v) is 6.57. The van der Waals surface area contributed by atoms with Gasteiger partial charge in [-0.2, -0.15) is 23.5 Å². The third kappa shape index (κ3) is 5.94. The summed E-state index contributed by atoms with van der Waals surface area (Å²) in [4.78, 5) is 24.7. The Balaban J connectivity index is 1.52. The maximum Gasteiger partial charge on any atom is 0.416 e. The van der Waals surface area contributed by atoms with Crippen LogP contribution in [-0.2, 0) is 19.3 Å². The lowest BCUT2D eigenvalue weighted by Gasteiger charge is -2.13. The highest BCUT2D eigenvalue weighted by Gasteiger charge is 2.30. The fraction of sp³-hybridized carbons (Fsp3) is 0.0968. The minimum Gasteiger partial charge on any atom is -0.478 e. The van der Waals surface area contributed by atoms with Gasteiger partial charge in [-0.3, -0.25) is 9.48 Å². The lowest BCUT2D eigenvalue weighted by Crippen LogP contribution is -2.24. The predicted octanol–water partition coefficient (Wildman–Crippen LogP) is 6.27. The number of alkyl halides is 3. The first kappa shape index (κ1) is 27.1. The molecule has 10 heteroatoms. The Labute approximate surface area is 232 Å². The molecule has 5 rings (SSSR count). The van der Waals surface area contributed by atoms with Crippen LogP contribution in [0.3, 0.4) is 0 Å². The number of nitrogens with one attached hydrogen (secondary N) is 1. The number of hydrogen-bond acceptors (Lipinski definition) is 4. The van der Waals surface area contributed by atoms with Crippen molar-refractivity contribution in [1.82, 2.24) is 15.1 Å². The summed E-state index contributed by atoms with van der Waals surface area (Å²) in [5.41, 5.74) is 3.26. The predicted molar refractivity (Wildman–Crippen MR) is 145 cm³/mol. The zero-order valence-electron chi connectivity index (χ0n) is 21.3. The van der Waals surface area contributed by atoms with Crippen LogP contribution in [0.1, 0.15) is 43.0 Å². The van der Waals surface area contributed by atoms with E-state index in [1.165, 1.54) is 24.3 Å². The number of carboxylic acids is 1. The van der Waals surface area contributed by atoms with Crippen molar-refractivity contribution >= 4 is 22.8 Å². The number of nitriles is 1. The second kappa shape index (κ2) is 11.0. The van der Waals surface area contributed by atoms with Crippen LogP contribution < -0.4 is 5.32 Å². The van der Waals surface area contributed by atoms with E-state index in [0.29, 0.717) is 33.2 Å². The summed E-state index contributed by atoms with van der Waals surface area (Å²) >= 11 is 0. The van der Waals surface area contributed by atoms with Crippen LogP contribution in [0.2, 0.25) is 0 Å². The quantitative estimate of drug-likeness (QED) is 0.247. The van der Waals surface area contributed by atoms with Gasteiger partial charge in [0.15, 0.2) is 0 Å². The SMILES string of the molecule is N#Cc1cccc(-c2cc(C(=O)NCc3ccc(C(=O)O)cc3)c3c(cnn3Cc3ccc(C(F)(F)F)cc3)c2)c1. The van der Waals surface area contributed by atoms with Crippen LogP contribution in [0.5, 0.6) is 0 Å². The van der Waals surface area contributed by atoms with Gasteiger partial charge in [0.05, 0.1) is 46.6 Å². The number of aromatic carboxylic acids is 1. The van der Waals surface area contributed by atoms with Gasteiger partial charge in [-0.15, -0.1) is 0 Å². The highest BCUT2D eigenvalue weighted by atomic mass is 19.4. The number of carbonyl (C=O) groups is 2. The summed E-state index contributed by atoms with van der Waals surface area (Å²) in [6, 6.07) is 23.4. The van der Waals surface area contributed by atoms with E-state index in [1.54, 1.807) is 47.3 Å². The molecule has 41 heavy (non-hydrogen) atoms. The largest absolute Gasteiger partial charge is 0.478 e. The molecule has 0 saturated heterocycles. The van der Waals surface area contributed by atoms with E-state index < -0.39 is 23.6 Å². The van der Waals surface area contributed by atoms with Gasteiger partial charge in [0, 0.05) is 11.9 Å². The molecule has 0 saturated carbocycles. The van der Waals surface area contributed by atoms with Gasteiger partial charge in [-0.25, -0.2) is 4.79 Å². The van der Waals surface area contributed by atoms with Crippen LogP contribution in [0.25, 0.3) is 22.0 Å². The second-order valence-corrected chi connectivity index (χ2v) is 9.34. The minimum atomic E-state index is -4.45. The Kier molecular flexibility index (Phi) is 7.27. The van der Waals surface area contributed by atoms with Gasteiger partial charge in [0.1, 0.15) is 0 Å². The zero-order chi connectivity index (χ0) is 29.1. The fourth-order valence-electron chi connectivity index (χ4n) is 4.48. The summed E-state index contributed by atoms with van der Waals surface area (Å²) in [7, 11) is 0. The lowest BCUT2D eigenvalue weighted by molar-refractivity contribution is -0.137. The van der Waals surface area contributed by atoms with Crippen LogP contribution in [0.15, 0.2) is 91.1 Å². The lowest BCUT2D eigenvalue weighted by atomic mass is 9.98. The fourth-order valence-corrected chi connectivity index (χ4v) is 4.48. The molecule has 1 aromatic heterocycles. The molecule has 5 aromatic rings.